The maximum absolute atomic E-state index is 12.2. The first-order chi connectivity index (χ1) is 13.9. The number of ether oxygens (including phenoxy) is 3. The zero-order valence-corrected chi connectivity index (χ0v) is 17.7. The number of hydrogen-bond acceptors (Lipinski definition) is 7. The van der Waals surface area contributed by atoms with E-state index in [1.165, 1.54) is 36.6 Å². The Bertz CT molecular complexity index is 1070. The monoisotopic (exact) mass is 451 g/mol. The molecule has 3 rings (SSSR count). The summed E-state index contributed by atoms with van der Waals surface area (Å²) in [6.07, 6.45) is 0. The summed E-state index contributed by atoms with van der Waals surface area (Å²) >= 11 is 13.0. The van der Waals surface area contributed by atoms with Gasteiger partial charge < -0.3 is 14.2 Å². The van der Waals surface area contributed by atoms with Crippen LogP contribution in [0.2, 0.25) is 10.0 Å². The van der Waals surface area contributed by atoms with Crippen molar-refractivity contribution in [3.05, 3.63) is 63.1 Å². The lowest BCUT2D eigenvalue weighted by Crippen LogP contribution is -2.14. The predicted molar refractivity (Wildman–Crippen MR) is 112 cm³/mol. The molecule has 6 nitrogen and oxygen atoms in total. The summed E-state index contributed by atoms with van der Waals surface area (Å²) in [5, 5.41) is 2.76. The first kappa shape index (κ1) is 21.1. The average Bonchev–Trinajstić information content (AvgIpc) is 3.23. The minimum absolute atomic E-state index is 0.113. The number of benzene rings is 2. The standard InChI is InChI=1S/C20H15Cl2NO5S/c1-26-17-6-4-12(8-18(17)27-2)19-23-15(10-29-19)20(25)28-9-16(24)11-3-5-13(21)14(22)7-11/h3-8,10H,9H2,1-2H3. The highest BCUT2D eigenvalue weighted by atomic mass is 35.5. The van der Waals surface area contributed by atoms with Crippen molar-refractivity contribution in [1.29, 1.82) is 0 Å². The van der Waals surface area contributed by atoms with Gasteiger partial charge in [0.15, 0.2) is 29.6 Å². The van der Waals surface area contributed by atoms with Gasteiger partial charge in [0.25, 0.3) is 0 Å². The van der Waals surface area contributed by atoms with E-state index in [1.807, 2.05) is 6.07 Å². The van der Waals surface area contributed by atoms with Gasteiger partial charge in [-0.15, -0.1) is 11.3 Å². The first-order valence-corrected chi connectivity index (χ1v) is 9.89. The van der Waals surface area contributed by atoms with Crippen LogP contribution in [-0.4, -0.2) is 37.6 Å². The Balaban J connectivity index is 1.68. The summed E-state index contributed by atoms with van der Waals surface area (Å²) in [7, 11) is 3.09. The number of rotatable bonds is 7. The number of esters is 1. The maximum atomic E-state index is 12.2. The Labute approximate surface area is 181 Å². The molecule has 0 atom stereocenters. The minimum atomic E-state index is -0.693. The fourth-order valence-corrected chi connectivity index (χ4v) is 3.51. The van der Waals surface area contributed by atoms with Crippen LogP contribution in [-0.2, 0) is 4.74 Å². The molecular formula is C20H15Cl2NO5S. The van der Waals surface area contributed by atoms with Crippen molar-refractivity contribution in [3.63, 3.8) is 0 Å². The van der Waals surface area contributed by atoms with Crippen molar-refractivity contribution in [1.82, 2.24) is 4.98 Å². The van der Waals surface area contributed by atoms with Crippen LogP contribution in [0.1, 0.15) is 20.8 Å². The molecule has 2 aromatic carbocycles. The molecule has 0 saturated carbocycles. The van der Waals surface area contributed by atoms with Crippen LogP contribution in [0.3, 0.4) is 0 Å². The highest BCUT2D eigenvalue weighted by Crippen LogP contribution is 2.33. The number of ketones is 1. The molecule has 0 aliphatic heterocycles. The minimum Gasteiger partial charge on any atom is -0.493 e. The van der Waals surface area contributed by atoms with Crippen LogP contribution in [0.15, 0.2) is 41.8 Å². The largest absolute Gasteiger partial charge is 0.493 e. The van der Waals surface area contributed by atoms with Crippen LogP contribution in [0.5, 0.6) is 11.5 Å². The van der Waals surface area contributed by atoms with Crippen LogP contribution in [0.4, 0.5) is 0 Å². The van der Waals surface area contributed by atoms with Gasteiger partial charge >= 0.3 is 5.97 Å². The van der Waals surface area contributed by atoms with E-state index in [0.717, 1.165) is 5.56 Å². The van der Waals surface area contributed by atoms with Gasteiger partial charge in [-0.2, -0.15) is 0 Å². The molecule has 0 aliphatic rings. The Hall–Kier alpha value is -2.61. The van der Waals surface area contributed by atoms with Gasteiger partial charge in [0.05, 0.1) is 24.3 Å². The van der Waals surface area contributed by atoms with Crippen LogP contribution >= 0.6 is 34.5 Å². The molecule has 3 aromatic rings. The molecule has 0 spiro atoms. The smallest absolute Gasteiger partial charge is 0.358 e. The van der Waals surface area contributed by atoms with Gasteiger partial charge in [-0.1, -0.05) is 23.2 Å². The molecule has 0 N–H and O–H groups in total. The lowest BCUT2D eigenvalue weighted by atomic mass is 10.1. The van der Waals surface area contributed by atoms with E-state index in [1.54, 1.807) is 24.6 Å². The molecular weight excluding hydrogens is 437 g/mol. The summed E-state index contributed by atoms with van der Waals surface area (Å²) in [5.41, 5.74) is 1.18. The van der Waals surface area contributed by atoms with Gasteiger partial charge in [0.1, 0.15) is 5.01 Å². The number of aromatic nitrogens is 1. The highest BCUT2D eigenvalue weighted by Gasteiger charge is 2.17. The van der Waals surface area contributed by atoms with Crippen molar-refractivity contribution in [2.24, 2.45) is 0 Å². The molecule has 150 valence electrons. The second-order valence-corrected chi connectivity index (χ2v) is 7.41. The Kier molecular flexibility index (Phi) is 6.74. The third-order valence-electron chi connectivity index (χ3n) is 3.92. The molecule has 0 unspecified atom stereocenters. The van der Waals surface area contributed by atoms with E-state index in [9.17, 15) is 9.59 Å². The number of hydrogen-bond donors (Lipinski definition) is 0. The van der Waals surface area contributed by atoms with E-state index in [0.29, 0.717) is 27.1 Å². The third-order valence-corrected chi connectivity index (χ3v) is 5.55. The lowest BCUT2D eigenvalue weighted by molar-refractivity contribution is 0.0470. The van der Waals surface area contributed by atoms with Crippen molar-refractivity contribution >= 4 is 46.3 Å². The fraction of sp³-hybridized carbons (Fsp3) is 0.150. The van der Waals surface area contributed by atoms with E-state index >= 15 is 0 Å². The van der Waals surface area contributed by atoms with Crippen LogP contribution < -0.4 is 9.47 Å². The number of carbonyl (C=O) groups is 2. The molecule has 29 heavy (non-hydrogen) atoms. The second kappa shape index (κ2) is 9.26. The average molecular weight is 452 g/mol. The second-order valence-electron chi connectivity index (χ2n) is 5.74. The summed E-state index contributed by atoms with van der Waals surface area (Å²) in [6, 6.07) is 9.78. The maximum Gasteiger partial charge on any atom is 0.358 e. The number of halogens is 2. The summed E-state index contributed by atoms with van der Waals surface area (Å²) < 4.78 is 15.6. The van der Waals surface area contributed by atoms with Gasteiger partial charge in [0.2, 0.25) is 0 Å². The van der Waals surface area contributed by atoms with Gasteiger partial charge in [-0.3, -0.25) is 4.79 Å². The van der Waals surface area contributed by atoms with Crippen molar-refractivity contribution < 1.29 is 23.8 Å². The number of thiazole rings is 1. The van der Waals surface area contributed by atoms with E-state index < -0.39 is 18.4 Å². The number of nitrogens with zero attached hydrogens (tertiary/aromatic N) is 1. The van der Waals surface area contributed by atoms with Crippen LogP contribution in [0.25, 0.3) is 10.6 Å². The lowest BCUT2D eigenvalue weighted by Gasteiger charge is -2.08. The van der Waals surface area contributed by atoms with Crippen molar-refractivity contribution in [2.45, 2.75) is 0 Å². The molecule has 0 saturated heterocycles. The summed E-state index contributed by atoms with van der Waals surface area (Å²) in [4.78, 5) is 28.7. The Morgan fingerprint density at radius 3 is 2.45 bits per heavy atom. The SMILES string of the molecule is COc1ccc(-c2nc(C(=O)OCC(=O)c3ccc(Cl)c(Cl)c3)cs2)cc1OC. The molecule has 0 aliphatic carbocycles. The molecule has 0 radical (unpaired) electrons. The molecule has 0 bridgehead atoms. The first-order valence-electron chi connectivity index (χ1n) is 8.26. The molecule has 0 fully saturated rings. The summed E-state index contributed by atoms with van der Waals surface area (Å²) in [5.74, 6) is 0.0541. The zero-order valence-electron chi connectivity index (χ0n) is 15.4. The zero-order chi connectivity index (χ0) is 21.0. The van der Waals surface area contributed by atoms with Gasteiger partial charge in [-0.05, 0) is 36.4 Å². The predicted octanol–water partition coefficient (Wildman–Crippen LogP) is 5.17. The molecule has 1 heterocycles. The van der Waals surface area contributed by atoms with Gasteiger partial charge in [-0.25, -0.2) is 9.78 Å². The number of carbonyl (C=O) groups excluding carboxylic acids is 2. The quantitative estimate of drug-likeness (QED) is 0.364. The van der Waals surface area contributed by atoms with Crippen LogP contribution in [0, 0.1) is 0 Å². The van der Waals surface area contributed by atoms with E-state index in [4.69, 9.17) is 37.4 Å². The number of methoxy groups -OCH3 is 2. The Morgan fingerprint density at radius 2 is 1.76 bits per heavy atom. The summed E-state index contributed by atoms with van der Waals surface area (Å²) in [6.45, 7) is -0.431. The molecule has 0 amide bonds. The normalized spacial score (nSPS) is 10.5. The third kappa shape index (κ3) is 4.87. The fourth-order valence-electron chi connectivity index (χ4n) is 2.43. The van der Waals surface area contributed by atoms with Crippen molar-refractivity contribution in [2.75, 3.05) is 20.8 Å². The Morgan fingerprint density at radius 1 is 1.00 bits per heavy atom. The van der Waals surface area contributed by atoms with E-state index in [-0.39, 0.29) is 10.7 Å². The molecule has 1 aromatic heterocycles. The highest BCUT2D eigenvalue weighted by molar-refractivity contribution is 7.13. The molecule has 9 heteroatoms. The van der Waals surface area contributed by atoms with E-state index in [2.05, 4.69) is 4.98 Å². The number of Topliss-reactive ketones (excluding diaryl/α,β-unsaturated/α-hetero) is 1. The topological polar surface area (TPSA) is 74.7 Å². The van der Waals surface area contributed by atoms with Gasteiger partial charge in [0, 0.05) is 16.5 Å². The van der Waals surface area contributed by atoms with Crippen molar-refractivity contribution in [3.8, 4) is 22.1 Å².